The lowest BCUT2D eigenvalue weighted by Crippen LogP contribution is -2.24. The van der Waals surface area contributed by atoms with E-state index in [4.69, 9.17) is 0 Å². The summed E-state index contributed by atoms with van der Waals surface area (Å²) in [5.74, 6) is -0.200. The lowest BCUT2D eigenvalue weighted by atomic mass is 10.1. The van der Waals surface area contributed by atoms with Crippen molar-refractivity contribution in [1.82, 2.24) is 15.2 Å². The summed E-state index contributed by atoms with van der Waals surface area (Å²) in [6, 6.07) is 11.1. The normalized spacial score (nSPS) is 10.7. The SMILES string of the molecule is CCN(CC)Cc1ccc(CNC(=O)c2ccc(=O)[nH]c2)cc1. The van der Waals surface area contributed by atoms with E-state index in [-0.39, 0.29) is 11.5 Å². The molecule has 122 valence electrons. The van der Waals surface area contributed by atoms with E-state index in [1.807, 2.05) is 12.1 Å². The molecule has 0 spiro atoms. The fraction of sp³-hybridized carbons (Fsp3) is 0.333. The number of carbonyl (C=O) groups excluding carboxylic acids is 1. The van der Waals surface area contributed by atoms with Gasteiger partial charge in [-0.15, -0.1) is 0 Å². The molecular weight excluding hydrogens is 290 g/mol. The number of nitrogens with zero attached hydrogens (tertiary/aromatic N) is 1. The Kier molecular flexibility index (Phi) is 6.11. The highest BCUT2D eigenvalue weighted by Gasteiger charge is 2.05. The van der Waals surface area contributed by atoms with Gasteiger partial charge in [0.05, 0.1) is 5.56 Å². The molecule has 0 fully saturated rings. The molecule has 23 heavy (non-hydrogen) atoms. The second-order valence-electron chi connectivity index (χ2n) is 5.40. The van der Waals surface area contributed by atoms with E-state index >= 15 is 0 Å². The fourth-order valence-electron chi connectivity index (χ4n) is 2.30. The lowest BCUT2D eigenvalue weighted by molar-refractivity contribution is 0.0950. The van der Waals surface area contributed by atoms with Crippen LogP contribution in [0.15, 0.2) is 47.4 Å². The molecule has 2 N–H and O–H groups in total. The average Bonchev–Trinajstić information content (AvgIpc) is 2.59. The monoisotopic (exact) mass is 313 g/mol. The molecule has 0 aliphatic heterocycles. The third-order valence-electron chi connectivity index (χ3n) is 3.82. The third kappa shape index (κ3) is 5.07. The molecule has 1 aromatic heterocycles. The van der Waals surface area contributed by atoms with Crippen molar-refractivity contribution in [3.63, 3.8) is 0 Å². The molecule has 1 heterocycles. The molecule has 1 aromatic carbocycles. The number of pyridine rings is 1. The van der Waals surface area contributed by atoms with Crippen molar-refractivity contribution in [2.45, 2.75) is 26.9 Å². The zero-order valence-corrected chi connectivity index (χ0v) is 13.6. The van der Waals surface area contributed by atoms with Gasteiger partial charge in [0.15, 0.2) is 0 Å². The summed E-state index contributed by atoms with van der Waals surface area (Å²) in [6.07, 6.45) is 1.42. The highest BCUT2D eigenvalue weighted by molar-refractivity contribution is 5.93. The smallest absolute Gasteiger partial charge is 0.253 e. The van der Waals surface area contributed by atoms with Crippen LogP contribution >= 0.6 is 0 Å². The predicted molar refractivity (Wildman–Crippen MR) is 91.3 cm³/mol. The molecule has 0 saturated heterocycles. The van der Waals surface area contributed by atoms with Crippen LogP contribution in [0.4, 0.5) is 0 Å². The number of amides is 1. The molecule has 5 nitrogen and oxygen atoms in total. The van der Waals surface area contributed by atoms with E-state index in [0.717, 1.165) is 25.2 Å². The van der Waals surface area contributed by atoms with E-state index in [1.165, 1.54) is 23.9 Å². The molecule has 0 radical (unpaired) electrons. The molecule has 0 aliphatic carbocycles. The van der Waals surface area contributed by atoms with Crippen LogP contribution < -0.4 is 10.9 Å². The van der Waals surface area contributed by atoms with Crippen LogP contribution in [0.25, 0.3) is 0 Å². The van der Waals surface area contributed by atoms with Crippen LogP contribution in [0, 0.1) is 0 Å². The second-order valence-corrected chi connectivity index (χ2v) is 5.40. The van der Waals surface area contributed by atoms with Crippen molar-refractivity contribution in [2.24, 2.45) is 0 Å². The van der Waals surface area contributed by atoms with E-state index in [9.17, 15) is 9.59 Å². The quantitative estimate of drug-likeness (QED) is 0.823. The first-order valence-electron chi connectivity index (χ1n) is 7.89. The molecule has 0 unspecified atom stereocenters. The van der Waals surface area contributed by atoms with Crippen LogP contribution in [-0.2, 0) is 13.1 Å². The maximum atomic E-state index is 12.0. The van der Waals surface area contributed by atoms with Crippen LogP contribution in [0.1, 0.15) is 35.3 Å². The van der Waals surface area contributed by atoms with Crippen molar-refractivity contribution >= 4 is 5.91 Å². The van der Waals surface area contributed by atoms with Crippen molar-refractivity contribution < 1.29 is 4.79 Å². The summed E-state index contributed by atoms with van der Waals surface area (Å²) in [7, 11) is 0. The minimum Gasteiger partial charge on any atom is -0.348 e. The van der Waals surface area contributed by atoms with Gasteiger partial charge in [0.2, 0.25) is 5.56 Å². The number of rotatable bonds is 7. The summed E-state index contributed by atoms with van der Waals surface area (Å²) >= 11 is 0. The lowest BCUT2D eigenvalue weighted by Gasteiger charge is -2.18. The van der Waals surface area contributed by atoms with Gasteiger partial charge in [0.1, 0.15) is 0 Å². The predicted octanol–water partition coefficient (Wildman–Crippen LogP) is 2.15. The van der Waals surface area contributed by atoms with Gasteiger partial charge in [-0.25, -0.2) is 0 Å². The van der Waals surface area contributed by atoms with E-state index in [2.05, 4.69) is 41.2 Å². The zero-order chi connectivity index (χ0) is 16.7. The van der Waals surface area contributed by atoms with Gasteiger partial charge in [-0.2, -0.15) is 0 Å². The topological polar surface area (TPSA) is 65.2 Å². The van der Waals surface area contributed by atoms with E-state index < -0.39 is 0 Å². The van der Waals surface area contributed by atoms with Gasteiger partial charge < -0.3 is 10.3 Å². The maximum Gasteiger partial charge on any atom is 0.253 e. The summed E-state index contributed by atoms with van der Waals surface area (Å²) in [5, 5.41) is 2.85. The summed E-state index contributed by atoms with van der Waals surface area (Å²) in [4.78, 5) is 27.8. The number of carbonyl (C=O) groups is 1. The number of H-pyrrole nitrogens is 1. The number of nitrogens with one attached hydrogen (secondary N) is 2. The van der Waals surface area contributed by atoms with E-state index in [1.54, 1.807) is 0 Å². The van der Waals surface area contributed by atoms with Crippen LogP contribution in [0.3, 0.4) is 0 Å². The Bertz CT molecular complexity index is 668. The molecule has 5 heteroatoms. The first kappa shape index (κ1) is 17.0. The number of hydrogen-bond acceptors (Lipinski definition) is 3. The Morgan fingerprint density at radius 3 is 2.26 bits per heavy atom. The zero-order valence-electron chi connectivity index (χ0n) is 13.6. The van der Waals surface area contributed by atoms with Crippen molar-refractivity contribution in [2.75, 3.05) is 13.1 Å². The average molecular weight is 313 g/mol. The summed E-state index contributed by atoms with van der Waals surface area (Å²) in [6.45, 7) is 7.79. The number of hydrogen-bond donors (Lipinski definition) is 2. The van der Waals surface area contributed by atoms with Crippen molar-refractivity contribution in [3.8, 4) is 0 Å². The first-order chi connectivity index (χ1) is 11.1. The molecule has 0 atom stereocenters. The number of aromatic amines is 1. The number of aromatic nitrogens is 1. The molecule has 0 bridgehead atoms. The Balaban J connectivity index is 1.89. The highest BCUT2D eigenvalue weighted by atomic mass is 16.1. The molecule has 0 aliphatic rings. The van der Waals surface area contributed by atoms with E-state index in [0.29, 0.717) is 12.1 Å². The fourth-order valence-corrected chi connectivity index (χ4v) is 2.30. The number of benzene rings is 1. The second kappa shape index (κ2) is 8.29. The van der Waals surface area contributed by atoms with Gasteiger partial charge in [-0.1, -0.05) is 38.1 Å². The highest BCUT2D eigenvalue weighted by Crippen LogP contribution is 2.08. The van der Waals surface area contributed by atoms with Gasteiger partial charge in [-0.3, -0.25) is 14.5 Å². The largest absolute Gasteiger partial charge is 0.348 e. The van der Waals surface area contributed by atoms with Gasteiger partial charge in [-0.05, 0) is 30.3 Å². The van der Waals surface area contributed by atoms with Crippen LogP contribution in [-0.4, -0.2) is 28.9 Å². The van der Waals surface area contributed by atoms with Crippen LogP contribution in [0.5, 0.6) is 0 Å². The molecule has 0 saturated carbocycles. The first-order valence-corrected chi connectivity index (χ1v) is 7.89. The minimum atomic E-state index is -0.217. The van der Waals surface area contributed by atoms with Gasteiger partial charge in [0.25, 0.3) is 5.91 Å². The van der Waals surface area contributed by atoms with Crippen LogP contribution in [0.2, 0.25) is 0 Å². The molecular formula is C18H23N3O2. The molecule has 1 amide bonds. The summed E-state index contributed by atoms with van der Waals surface area (Å²) in [5.41, 5.74) is 2.54. The maximum absolute atomic E-state index is 12.0. The third-order valence-corrected chi connectivity index (χ3v) is 3.82. The Morgan fingerprint density at radius 2 is 1.70 bits per heavy atom. The Hall–Kier alpha value is -2.40. The molecule has 2 rings (SSSR count). The van der Waals surface area contributed by atoms with Gasteiger partial charge >= 0.3 is 0 Å². The Labute approximate surface area is 136 Å². The standard InChI is InChI=1S/C18H23N3O2/c1-3-21(4-2)13-15-7-5-14(6-8-15)11-20-18(23)16-9-10-17(22)19-12-16/h5-10,12H,3-4,11,13H2,1-2H3,(H,19,22)(H,20,23). The Morgan fingerprint density at radius 1 is 1.04 bits per heavy atom. The van der Waals surface area contributed by atoms with Crippen molar-refractivity contribution in [1.29, 1.82) is 0 Å². The van der Waals surface area contributed by atoms with Gasteiger partial charge in [0, 0.05) is 25.4 Å². The summed E-state index contributed by atoms with van der Waals surface area (Å²) < 4.78 is 0. The minimum absolute atomic E-state index is 0.200. The van der Waals surface area contributed by atoms with Crippen molar-refractivity contribution in [3.05, 3.63) is 69.6 Å². The molecule has 2 aromatic rings.